The number of benzene rings is 1. The molecule has 6 nitrogen and oxygen atoms in total. The molecule has 0 atom stereocenters. The molecule has 146 valence electrons. The summed E-state index contributed by atoms with van der Waals surface area (Å²) in [6.45, 7) is 2.98. The van der Waals surface area contributed by atoms with Gasteiger partial charge in [-0.15, -0.1) is 10.2 Å². The van der Waals surface area contributed by atoms with Gasteiger partial charge in [-0.3, -0.25) is 9.69 Å². The summed E-state index contributed by atoms with van der Waals surface area (Å²) >= 11 is 0. The Morgan fingerprint density at radius 3 is 2.63 bits per heavy atom. The average Bonchev–Trinajstić information content (AvgIpc) is 3.11. The fourth-order valence-electron chi connectivity index (χ4n) is 3.14. The monoisotopic (exact) mass is 378 g/mol. The molecule has 1 aromatic heterocycles. The Hall–Kier alpha value is -2.35. The predicted octanol–water partition coefficient (Wildman–Crippen LogP) is 2.82. The van der Waals surface area contributed by atoms with Crippen LogP contribution >= 0.6 is 0 Å². The van der Waals surface area contributed by atoms with Crippen LogP contribution in [-0.4, -0.2) is 53.1 Å². The normalized spacial score (nSPS) is 16.0. The molecular weight excluding hydrogens is 354 g/mol. The minimum absolute atomic E-state index is 0.0391. The number of nitrogens with one attached hydrogen (secondary N) is 1. The highest BCUT2D eigenvalue weighted by Crippen LogP contribution is 2.19. The number of nitrogens with zero attached hydrogens (tertiary/aromatic N) is 3. The van der Waals surface area contributed by atoms with Gasteiger partial charge in [0.25, 0.3) is 6.43 Å². The number of carbonyl (C=O) groups is 1. The van der Waals surface area contributed by atoms with Gasteiger partial charge in [-0.25, -0.2) is 8.78 Å². The lowest BCUT2D eigenvalue weighted by Crippen LogP contribution is -2.45. The van der Waals surface area contributed by atoms with Gasteiger partial charge < -0.3 is 9.73 Å². The van der Waals surface area contributed by atoms with E-state index in [9.17, 15) is 13.6 Å². The van der Waals surface area contributed by atoms with Crippen LogP contribution in [0.4, 0.5) is 8.78 Å². The number of alkyl halides is 2. The third kappa shape index (κ3) is 5.82. The lowest BCUT2D eigenvalue weighted by Gasteiger charge is -2.32. The number of hydrogen-bond acceptors (Lipinski definition) is 5. The second-order valence-electron chi connectivity index (χ2n) is 6.90. The molecule has 1 aliphatic heterocycles. The Bertz CT molecular complexity index is 740. The predicted molar refractivity (Wildman–Crippen MR) is 96.4 cm³/mol. The Morgan fingerprint density at radius 1 is 1.26 bits per heavy atom. The molecule has 0 unspecified atom stereocenters. The first kappa shape index (κ1) is 19.4. The zero-order chi connectivity index (χ0) is 19.2. The van der Waals surface area contributed by atoms with Crippen LogP contribution in [0, 0.1) is 6.92 Å². The van der Waals surface area contributed by atoms with Crippen molar-refractivity contribution in [2.24, 2.45) is 0 Å². The molecule has 0 radical (unpaired) electrons. The van der Waals surface area contributed by atoms with Crippen LogP contribution in [0.15, 0.2) is 28.7 Å². The molecule has 1 amide bonds. The maximum absolute atomic E-state index is 12.4. The summed E-state index contributed by atoms with van der Waals surface area (Å²) in [6.07, 6.45) is -0.301. The molecule has 2 aromatic rings. The Labute approximate surface area is 157 Å². The van der Waals surface area contributed by atoms with Gasteiger partial charge >= 0.3 is 0 Å². The lowest BCUT2D eigenvalue weighted by molar-refractivity contribution is -0.122. The molecule has 1 N–H and O–H groups in total. The molecule has 0 spiro atoms. The van der Waals surface area contributed by atoms with Crippen molar-refractivity contribution in [2.45, 2.75) is 45.1 Å². The van der Waals surface area contributed by atoms with E-state index in [1.54, 1.807) is 4.90 Å². The first-order valence-corrected chi connectivity index (χ1v) is 9.19. The number of hydrogen-bond donors (Lipinski definition) is 1. The molecule has 1 aromatic carbocycles. The third-order valence-electron chi connectivity index (χ3n) is 4.68. The molecule has 0 aliphatic carbocycles. The van der Waals surface area contributed by atoms with Gasteiger partial charge in [0.15, 0.2) is 0 Å². The van der Waals surface area contributed by atoms with Crippen molar-refractivity contribution in [2.75, 3.05) is 19.6 Å². The van der Waals surface area contributed by atoms with E-state index in [1.165, 1.54) is 0 Å². The fraction of sp³-hybridized carbons (Fsp3) is 0.526. The smallest absolute Gasteiger partial charge is 0.251 e. The largest absolute Gasteiger partial charge is 0.421 e. The second-order valence-corrected chi connectivity index (χ2v) is 6.90. The van der Waals surface area contributed by atoms with Crippen molar-refractivity contribution in [3.05, 3.63) is 35.7 Å². The van der Waals surface area contributed by atoms with Gasteiger partial charge in [-0.2, -0.15) is 0 Å². The first-order valence-electron chi connectivity index (χ1n) is 9.19. The summed E-state index contributed by atoms with van der Waals surface area (Å²) in [5, 5.41) is 11.0. The highest BCUT2D eigenvalue weighted by Gasteiger charge is 2.22. The molecule has 1 aliphatic rings. The van der Waals surface area contributed by atoms with Crippen molar-refractivity contribution < 1.29 is 18.0 Å². The van der Waals surface area contributed by atoms with Crippen molar-refractivity contribution in [3.8, 4) is 11.5 Å². The van der Waals surface area contributed by atoms with Crippen LogP contribution in [0.25, 0.3) is 11.5 Å². The second kappa shape index (κ2) is 9.03. The van der Waals surface area contributed by atoms with E-state index in [2.05, 4.69) is 15.5 Å². The number of aryl methyl sites for hydroxylation is 2. The lowest BCUT2D eigenvalue weighted by atomic mass is 10.0. The highest BCUT2D eigenvalue weighted by atomic mass is 19.3. The van der Waals surface area contributed by atoms with Gasteiger partial charge in [-0.05, 0) is 31.9 Å². The Balaban J connectivity index is 1.41. The fourth-order valence-corrected chi connectivity index (χ4v) is 3.14. The minimum atomic E-state index is -2.31. The molecule has 1 fully saturated rings. The summed E-state index contributed by atoms with van der Waals surface area (Å²) < 4.78 is 30.4. The topological polar surface area (TPSA) is 71.3 Å². The average molecular weight is 378 g/mol. The summed E-state index contributed by atoms with van der Waals surface area (Å²) in [5.41, 5.74) is 1.99. The van der Waals surface area contributed by atoms with Crippen LogP contribution in [0.3, 0.4) is 0 Å². The van der Waals surface area contributed by atoms with E-state index in [0.29, 0.717) is 44.1 Å². The number of rotatable bonds is 7. The zero-order valence-corrected chi connectivity index (χ0v) is 15.3. The Morgan fingerprint density at radius 2 is 1.96 bits per heavy atom. The number of amides is 1. The van der Waals surface area contributed by atoms with Crippen molar-refractivity contribution in [1.29, 1.82) is 0 Å². The van der Waals surface area contributed by atoms with Crippen molar-refractivity contribution in [1.82, 2.24) is 20.4 Å². The van der Waals surface area contributed by atoms with Crippen LogP contribution in [0.5, 0.6) is 0 Å². The maximum atomic E-state index is 12.4. The van der Waals surface area contributed by atoms with Gasteiger partial charge in [0, 0.05) is 37.5 Å². The van der Waals surface area contributed by atoms with Crippen molar-refractivity contribution in [3.63, 3.8) is 0 Å². The highest BCUT2D eigenvalue weighted by molar-refractivity contribution is 5.76. The SMILES string of the molecule is Cc1ccc(-c2nnc(CCC(=O)NC3CCN(CC(F)F)CC3)o2)cc1. The van der Waals surface area contributed by atoms with E-state index >= 15 is 0 Å². The summed E-state index contributed by atoms with van der Waals surface area (Å²) in [4.78, 5) is 13.9. The van der Waals surface area contributed by atoms with Crippen LogP contribution in [0.2, 0.25) is 0 Å². The molecule has 3 rings (SSSR count). The number of carbonyl (C=O) groups excluding carboxylic acids is 1. The first-order chi connectivity index (χ1) is 13.0. The van der Waals surface area contributed by atoms with E-state index < -0.39 is 6.43 Å². The third-order valence-corrected chi connectivity index (χ3v) is 4.68. The standard InChI is InChI=1S/C19H24F2N4O2/c1-13-2-4-14(5-3-13)19-24-23-18(27-19)7-6-17(26)22-15-8-10-25(11-9-15)12-16(20)21/h2-5,15-16H,6-12H2,1H3,(H,22,26). The van der Waals surface area contributed by atoms with Gasteiger partial charge in [-0.1, -0.05) is 17.7 Å². The van der Waals surface area contributed by atoms with Crippen molar-refractivity contribution >= 4 is 5.91 Å². The van der Waals surface area contributed by atoms with Crippen LogP contribution in [0.1, 0.15) is 30.7 Å². The number of aromatic nitrogens is 2. The summed E-state index contributed by atoms with van der Waals surface area (Å²) in [5.74, 6) is 0.779. The van der Waals surface area contributed by atoms with Gasteiger partial charge in [0.2, 0.25) is 17.7 Å². The number of likely N-dealkylation sites (tertiary alicyclic amines) is 1. The zero-order valence-electron chi connectivity index (χ0n) is 15.3. The van der Waals surface area contributed by atoms with Crippen LogP contribution in [-0.2, 0) is 11.2 Å². The maximum Gasteiger partial charge on any atom is 0.251 e. The number of piperidine rings is 1. The Kier molecular flexibility index (Phi) is 6.49. The van der Waals surface area contributed by atoms with E-state index in [0.717, 1.165) is 11.1 Å². The van der Waals surface area contributed by atoms with E-state index in [1.807, 2.05) is 31.2 Å². The molecule has 2 heterocycles. The van der Waals surface area contributed by atoms with Gasteiger partial charge in [0.05, 0.1) is 6.54 Å². The molecule has 0 saturated carbocycles. The molecular formula is C19H24F2N4O2. The molecule has 8 heteroatoms. The minimum Gasteiger partial charge on any atom is -0.421 e. The summed E-state index contributed by atoms with van der Waals surface area (Å²) in [6, 6.07) is 7.81. The molecule has 27 heavy (non-hydrogen) atoms. The number of halogens is 2. The quantitative estimate of drug-likeness (QED) is 0.802. The van der Waals surface area contributed by atoms with E-state index in [-0.39, 0.29) is 24.9 Å². The molecule has 0 bridgehead atoms. The molecule has 1 saturated heterocycles. The van der Waals surface area contributed by atoms with Crippen LogP contribution < -0.4 is 5.32 Å². The summed E-state index contributed by atoms with van der Waals surface area (Å²) in [7, 11) is 0. The van der Waals surface area contributed by atoms with E-state index in [4.69, 9.17) is 4.42 Å². The van der Waals surface area contributed by atoms with Gasteiger partial charge in [0.1, 0.15) is 0 Å².